The first-order valence-corrected chi connectivity index (χ1v) is 9.77. The summed E-state index contributed by atoms with van der Waals surface area (Å²) in [5.41, 5.74) is 2.29. The average Bonchev–Trinajstić information content (AvgIpc) is 2.75. The molecule has 2 rings (SSSR count). The van der Waals surface area contributed by atoms with Gasteiger partial charge in [-0.1, -0.05) is 57.8 Å². The summed E-state index contributed by atoms with van der Waals surface area (Å²) in [6, 6.07) is 12.2. The first-order valence-electron chi connectivity index (χ1n) is 9.01. The second-order valence-electron chi connectivity index (χ2n) is 5.84. The fourth-order valence-corrected chi connectivity index (χ4v) is 2.84. The molecule has 7 nitrogen and oxygen atoms in total. The summed E-state index contributed by atoms with van der Waals surface area (Å²) < 4.78 is 10.3. The molecule has 0 saturated heterocycles. The zero-order valence-corrected chi connectivity index (χ0v) is 18.4. The Balaban J connectivity index is 2.31. The van der Waals surface area contributed by atoms with Gasteiger partial charge in [-0.3, -0.25) is 0 Å². The Morgan fingerprint density at radius 1 is 1.03 bits per heavy atom. The third kappa shape index (κ3) is 6.45. The number of hydrogen-bond acceptors (Lipinski definition) is 7. The van der Waals surface area contributed by atoms with Crippen LogP contribution in [0.2, 0.25) is 10.0 Å². The highest BCUT2D eigenvalue weighted by molar-refractivity contribution is 6.44. The Morgan fingerprint density at radius 2 is 1.77 bits per heavy atom. The second-order valence-corrected chi connectivity index (χ2v) is 6.68. The molecule has 30 heavy (non-hydrogen) atoms. The van der Waals surface area contributed by atoms with E-state index >= 15 is 0 Å². The number of nitrogens with zero attached hydrogens (tertiary/aromatic N) is 2. The number of benzene rings is 2. The van der Waals surface area contributed by atoms with E-state index in [-0.39, 0.29) is 18.9 Å². The van der Waals surface area contributed by atoms with Crippen molar-refractivity contribution >= 4 is 40.6 Å². The number of carbonyl (C=O) groups is 1. The highest BCUT2D eigenvalue weighted by atomic mass is 35.5. The van der Waals surface area contributed by atoms with Crippen molar-refractivity contribution in [2.75, 3.05) is 27.4 Å². The predicted molar refractivity (Wildman–Crippen MR) is 116 cm³/mol. The van der Waals surface area contributed by atoms with Gasteiger partial charge in [0.2, 0.25) is 0 Å². The predicted octanol–water partition coefficient (Wildman–Crippen LogP) is 4.47. The lowest BCUT2D eigenvalue weighted by Gasteiger charge is -2.12. The Hall–Kier alpha value is -2.61. The topological polar surface area (TPSA) is 78.7 Å². The summed E-state index contributed by atoms with van der Waals surface area (Å²) in [6.07, 6.45) is 0. The average molecular weight is 453 g/mol. The fourth-order valence-electron chi connectivity index (χ4n) is 2.49. The van der Waals surface area contributed by atoms with Gasteiger partial charge in [0.05, 0.1) is 13.7 Å². The molecule has 0 spiro atoms. The van der Waals surface area contributed by atoms with Crippen LogP contribution >= 0.6 is 23.2 Å². The molecule has 0 aliphatic heterocycles. The molecule has 0 unspecified atom stereocenters. The number of methoxy groups -OCH3 is 1. The SMILES string of the molecule is CCOC/C(=N\OCc1c(Cl)cccc1/C(=N\OC)C(=O)OC)c1ccc(Cl)cc1. The number of esters is 1. The molecule has 0 aliphatic carbocycles. The first-order chi connectivity index (χ1) is 14.5. The van der Waals surface area contributed by atoms with Crippen molar-refractivity contribution in [1.82, 2.24) is 0 Å². The fraction of sp³-hybridized carbons (Fsp3) is 0.286. The number of hydrogen-bond donors (Lipinski definition) is 0. The number of rotatable bonds is 10. The largest absolute Gasteiger partial charge is 0.464 e. The van der Waals surface area contributed by atoms with Gasteiger partial charge in [0.15, 0.2) is 5.71 Å². The third-order valence-electron chi connectivity index (χ3n) is 3.94. The minimum atomic E-state index is -0.665. The van der Waals surface area contributed by atoms with E-state index in [4.69, 9.17) is 42.4 Å². The van der Waals surface area contributed by atoms with E-state index < -0.39 is 5.97 Å². The molecular formula is C21H22Cl2N2O5. The van der Waals surface area contributed by atoms with E-state index in [2.05, 4.69) is 10.3 Å². The van der Waals surface area contributed by atoms with Crippen LogP contribution in [-0.2, 0) is 30.6 Å². The summed E-state index contributed by atoms with van der Waals surface area (Å²) >= 11 is 12.3. The highest BCUT2D eigenvalue weighted by Gasteiger charge is 2.21. The number of halogens is 2. The molecule has 0 N–H and O–H groups in total. The van der Waals surface area contributed by atoms with E-state index in [1.165, 1.54) is 14.2 Å². The normalized spacial score (nSPS) is 11.9. The number of ether oxygens (including phenoxy) is 2. The first kappa shape index (κ1) is 23.7. The maximum atomic E-state index is 12.1. The lowest BCUT2D eigenvalue weighted by molar-refractivity contribution is -0.132. The van der Waals surface area contributed by atoms with Gasteiger partial charge in [0, 0.05) is 33.3 Å². The van der Waals surface area contributed by atoms with Crippen LogP contribution in [0, 0.1) is 0 Å². The van der Waals surface area contributed by atoms with Gasteiger partial charge < -0.3 is 19.1 Å². The van der Waals surface area contributed by atoms with Crippen LogP contribution in [-0.4, -0.2) is 44.8 Å². The quantitative estimate of drug-likeness (QED) is 0.301. The molecule has 2 aromatic rings. The second kappa shape index (κ2) is 12.2. The van der Waals surface area contributed by atoms with E-state index in [0.717, 1.165) is 5.56 Å². The van der Waals surface area contributed by atoms with Crippen molar-refractivity contribution in [3.8, 4) is 0 Å². The zero-order valence-electron chi connectivity index (χ0n) is 16.9. The smallest absolute Gasteiger partial charge is 0.360 e. The molecule has 9 heteroatoms. The molecule has 2 aromatic carbocycles. The van der Waals surface area contributed by atoms with Crippen LogP contribution < -0.4 is 0 Å². The highest BCUT2D eigenvalue weighted by Crippen LogP contribution is 2.23. The van der Waals surface area contributed by atoms with Crippen LogP contribution in [0.4, 0.5) is 0 Å². The van der Waals surface area contributed by atoms with Crippen molar-refractivity contribution in [1.29, 1.82) is 0 Å². The standard InChI is InChI=1S/C21H22Cl2N2O5/c1-4-29-13-19(14-8-10-15(22)11-9-14)24-30-12-17-16(6-5-7-18(17)23)20(25-28-3)21(26)27-2/h5-11H,4,12-13H2,1-3H3/b24-19+,25-20+. The van der Waals surface area contributed by atoms with Gasteiger partial charge >= 0.3 is 5.97 Å². The van der Waals surface area contributed by atoms with Crippen LogP contribution in [0.5, 0.6) is 0 Å². The molecular weight excluding hydrogens is 431 g/mol. The van der Waals surface area contributed by atoms with Crippen molar-refractivity contribution in [3.63, 3.8) is 0 Å². The zero-order chi connectivity index (χ0) is 21.9. The number of carbonyl (C=O) groups excluding carboxylic acids is 1. The van der Waals surface area contributed by atoms with Gasteiger partial charge in [0.25, 0.3) is 0 Å². The van der Waals surface area contributed by atoms with Gasteiger partial charge in [-0.2, -0.15) is 0 Å². The van der Waals surface area contributed by atoms with Crippen LogP contribution in [0.1, 0.15) is 23.6 Å². The summed E-state index contributed by atoms with van der Waals surface area (Å²) in [5.74, 6) is -0.665. The molecule has 0 aliphatic rings. The minimum absolute atomic E-state index is 0.0159. The van der Waals surface area contributed by atoms with Crippen LogP contribution in [0.25, 0.3) is 0 Å². The van der Waals surface area contributed by atoms with Gasteiger partial charge in [0.1, 0.15) is 19.4 Å². The number of oxime groups is 2. The molecule has 0 fully saturated rings. The van der Waals surface area contributed by atoms with Crippen molar-refractivity contribution in [2.24, 2.45) is 10.3 Å². The Labute approximate surface area is 185 Å². The van der Waals surface area contributed by atoms with Gasteiger partial charge in [-0.25, -0.2) is 4.79 Å². The van der Waals surface area contributed by atoms with E-state index in [1.54, 1.807) is 30.3 Å². The molecule has 0 amide bonds. The molecule has 0 aromatic heterocycles. The van der Waals surface area contributed by atoms with Gasteiger partial charge in [-0.05, 0) is 25.1 Å². The molecule has 160 valence electrons. The third-order valence-corrected chi connectivity index (χ3v) is 4.55. The molecule has 0 atom stereocenters. The Bertz CT molecular complexity index is 914. The van der Waals surface area contributed by atoms with Crippen molar-refractivity contribution < 1.29 is 23.9 Å². The van der Waals surface area contributed by atoms with Crippen LogP contribution in [0.3, 0.4) is 0 Å². The lowest BCUT2D eigenvalue weighted by atomic mass is 10.0. The monoisotopic (exact) mass is 452 g/mol. The summed E-state index contributed by atoms with van der Waals surface area (Å²) in [4.78, 5) is 22.5. The summed E-state index contributed by atoms with van der Waals surface area (Å²) in [6.45, 7) is 2.65. The molecule has 0 saturated carbocycles. The molecule has 0 bridgehead atoms. The summed E-state index contributed by atoms with van der Waals surface area (Å²) in [7, 11) is 2.59. The maximum absolute atomic E-state index is 12.1. The van der Waals surface area contributed by atoms with Crippen molar-refractivity contribution in [2.45, 2.75) is 13.5 Å². The van der Waals surface area contributed by atoms with E-state index in [9.17, 15) is 4.79 Å². The molecule has 0 radical (unpaired) electrons. The van der Waals surface area contributed by atoms with Crippen molar-refractivity contribution in [3.05, 3.63) is 69.2 Å². The van der Waals surface area contributed by atoms with E-state index in [0.29, 0.717) is 33.5 Å². The Kier molecular flexibility index (Phi) is 9.60. The van der Waals surface area contributed by atoms with E-state index in [1.807, 2.05) is 19.1 Å². The molecule has 0 heterocycles. The maximum Gasteiger partial charge on any atom is 0.360 e. The van der Waals surface area contributed by atoms with Crippen LogP contribution in [0.15, 0.2) is 52.8 Å². The lowest BCUT2D eigenvalue weighted by Crippen LogP contribution is -2.19. The van der Waals surface area contributed by atoms with Gasteiger partial charge in [-0.15, -0.1) is 0 Å². The Morgan fingerprint density at radius 3 is 2.40 bits per heavy atom. The summed E-state index contributed by atoms with van der Waals surface area (Å²) in [5, 5.41) is 8.98. The minimum Gasteiger partial charge on any atom is -0.464 e.